The van der Waals surface area contributed by atoms with Gasteiger partial charge in [0.1, 0.15) is 5.82 Å². The maximum absolute atomic E-state index is 12.9. The number of aryl methyl sites for hydroxylation is 3. The summed E-state index contributed by atoms with van der Waals surface area (Å²) in [6, 6.07) is 5.56. The number of aromatic nitrogens is 3. The summed E-state index contributed by atoms with van der Waals surface area (Å²) >= 11 is 0. The van der Waals surface area contributed by atoms with E-state index < -0.39 is 0 Å². The summed E-state index contributed by atoms with van der Waals surface area (Å²) in [5, 5.41) is 3.67. The molecule has 1 fully saturated rings. The summed E-state index contributed by atoms with van der Waals surface area (Å²) in [4.78, 5) is 33.5. The molecule has 6 nitrogen and oxygen atoms in total. The number of carbonyl (C=O) groups excluding carboxylic acids is 1. The second kappa shape index (κ2) is 6.05. The molecule has 3 aromatic rings. The monoisotopic (exact) mass is 348 g/mol. The van der Waals surface area contributed by atoms with Crippen molar-refractivity contribution in [3.05, 3.63) is 52.2 Å². The highest BCUT2D eigenvalue weighted by molar-refractivity contribution is 5.95. The third kappa shape index (κ3) is 2.87. The Balaban J connectivity index is 1.81. The second-order valence-electron chi connectivity index (χ2n) is 6.95. The summed E-state index contributed by atoms with van der Waals surface area (Å²) in [6.45, 7) is 3.90. The van der Waals surface area contributed by atoms with E-state index in [-0.39, 0.29) is 17.4 Å². The van der Waals surface area contributed by atoms with Gasteiger partial charge in [0, 0.05) is 53.6 Å². The van der Waals surface area contributed by atoms with Gasteiger partial charge in [-0.25, -0.2) is 4.98 Å². The van der Waals surface area contributed by atoms with Crippen LogP contribution in [-0.2, 0) is 11.8 Å². The van der Waals surface area contributed by atoms with E-state index in [1.54, 1.807) is 30.1 Å². The Hall–Kier alpha value is -3.02. The fourth-order valence-electron chi connectivity index (χ4n) is 3.18. The van der Waals surface area contributed by atoms with Crippen molar-refractivity contribution in [2.24, 2.45) is 13.0 Å². The minimum absolute atomic E-state index is 0.000162. The highest BCUT2D eigenvalue weighted by Gasteiger charge is 2.29. The maximum atomic E-state index is 12.9. The Bertz CT molecular complexity index is 1100. The number of anilines is 1. The maximum Gasteiger partial charge on any atom is 0.258 e. The van der Waals surface area contributed by atoms with Crippen molar-refractivity contribution in [3.63, 3.8) is 0 Å². The number of nitrogens with one attached hydrogen (secondary N) is 1. The number of carbonyl (C=O) groups is 1. The van der Waals surface area contributed by atoms with Gasteiger partial charge in [0.25, 0.3) is 5.56 Å². The lowest BCUT2D eigenvalue weighted by Gasteiger charge is -2.12. The van der Waals surface area contributed by atoms with E-state index in [4.69, 9.17) is 0 Å². The van der Waals surface area contributed by atoms with E-state index in [2.05, 4.69) is 15.3 Å². The Morgan fingerprint density at radius 2 is 1.88 bits per heavy atom. The molecule has 1 amide bonds. The van der Waals surface area contributed by atoms with Crippen LogP contribution in [0.4, 0.5) is 5.82 Å². The molecule has 1 saturated carbocycles. The Morgan fingerprint density at radius 3 is 2.58 bits per heavy atom. The third-order valence-corrected chi connectivity index (χ3v) is 4.85. The van der Waals surface area contributed by atoms with Crippen LogP contribution in [0, 0.1) is 19.8 Å². The Labute approximate surface area is 150 Å². The molecule has 0 aliphatic heterocycles. The standard InChI is InChI=1S/C20H20N4O2/c1-11-6-12(2)21-10-16(11)15-7-14-9-22-18(23-19(25)13-4-5-13)8-17(14)24(3)20(15)26/h6-10,13H,4-5H2,1-3H3,(H,22,23,25). The molecule has 3 heterocycles. The van der Waals surface area contributed by atoms with Crippen LogP contribution in [-0.4, -0.2) is 20.4 Å². The van der Waals surface area contributed by atoms with E-state index in [1.807, 2.05) is 26.0 Å². The highest BCUT2D eigenvalue weighted by Crippen LogP contribution is 2.30. The zero-order valence-corrected chi connectivity index (χ0v) is 15.0. The van der Waals surface area contributed by atoms with Crippen LogP contribution in [0.5, 0.6) is 0 Å². The molecule has 0 atom stereocenters. The molecule has 0 radical (unpaired) electrons. The topological polar surface area (TPSA) is 76.9 Å². The van der Waals surface area contributed by atoms with Crippen molar-refractivity contribution in [3.8, 4) is 11.1 Å². The van der Waals surface area contributed by atoms with Gasteiger partial charge >= 0.3 is 0 Å². The minimum Gasteiger partial charge on any atom is -0.311 e. The summed E-state index contributed by atoms with van der Waals surface area (Å²) in [6.07, 6.45) is 5.30. The average molecular weight is 348 g/mol. The fraction of sp³-hybridized carbons (Fsp3) is 0.300. The molecule has 1 N–H and O–H groups in total. The molecule has 3 aromatic heterocycles. The lowest BCUT2D eigenvalue weighted by Crippen LogP contribution is -2.20. The first kappa shape index (κ1) is 16.4. The third-order valence-electron chi connectivity index (χ3n) is 4.85. The molecule has 0 spiro atoms. The number of hydrogen-bond donors (Lipinski definition) is 1. The lowest BCUT2D eigenvalue weighted by atomic mass is 10.0. The van der Waals surface area contributed by atoms with Gasteiger partial charge in [0.05, 0.1) is 5.52 Å². The molecule has 0 saturated heterocycles. The first-order valence-electron chi connectivity index (χ1n) is 8.68. The molecule has 1 aliphatic rings. The zero-order valence-electron chi connectivity index (χ0n) is 15.0. The summed E-state index contributed by atoms with van der Waals surface area (Å²) in [7, 11) is 1.73. The van der Waals surface area contributed by atoms with Crippen LogP contribution in [0.15, 0.2) is 35.4 Å². The number of rotatable bonds is 3. The quantitative estimate of drug-likeness (QED) is 0.789. The normalized spacial score (nSPS) is 13.8. The van der Waals surface area contributed by atoms with Crippen molar-refractivity contribution in [1.82, 2.24) is 14.5 Å². The van der Waals surface area contributed by atoms with Crippen molar-refractivity contribution in [1.29, 1.82) is 0 Å². The van der Waals surface area contributed by atoms with Crippen LogP contribution >= 0.6 is 0 Å². The van der Waals surface area contributed by atoms with Crippen molar-refractivity contribution < 1.29 is 4.79 Å². The molecule has 4 rings (SSSR count). The van der Waals surface area contributed by atoms with Crippen LogP contribution in [0.2, 0.25) is 0 Å². The van der Waals surface area contributed by atoms with Crippen LogP contribution < -0.4 is 10.9 Å². The predicted octanol–water partition coefficient (Wildman–Crippen LogP) is 2.96. The molecule has 26 heavy (non-hydrogen) atoms. The molecule has 1 aliphatic carbocycles. The molecule has 6 heteroatoms. The Kier molecular flexibility index (Phi) is 3.83. The van der Waals surface area contributed by atoms with E-state index in [9.17, 15) is 9.59 Å². The lowest BCUT2D eigenvalue weighted by molar-refractivity contribution is -0.117. The van der Waals surface area contributed by atoms with Gasteiger partial charge in [-0.2, -0.15) is 0 Å². The van der Waals surface area contributed by atoms with Crippen molar-refractivity contribution in [2.45, 2.75) is 26.7 Å². The van der Waals surface area contributed by atoms with Gasteiger partial charge < -0.3 is 9.88 Å². The van der Waals surface area contributed by atoms with Crippen LogP contribution in [0.1, 0.15) is 24.1 Å². The number of pyridine rings is 3. The van der Waals surface area contributed by atoms with E-state index in [1.165, 1.54) is 0 Å². The number of fused-ring (bicyclic) bond motifs is 1. The number of hydrogen-bond acceptors (Lipinski definition) is 4. The van der Waals surface area contributed by atoms with Crippen molar-refractivity contribution >= 4 is 22.6 Å². The number of amides is 1. The van der Waals surface area contributed by atoms with E-state index in [0.717, 1.165) is 40.6 Å². The largest absolute Gasteiger partial charge is 0.311 e. The van der Waals surface area contributed by atoms with Gasteiger partial charge in [-0.15, -0.1) is 0 Å². The molecule has 132 valence electrons. The van der Waals surface area contributed by atoms with Gasteiger partial charge in [0.15, 0.2) is 0 Å². The SMILES string of the molecule is Cc1cc(C)c(-c2cc3cnc(NC(=O)C4CC4)cc3n(C)c2=O)cn1. The smallest absolute Gasteiger partial charge is 0.258 e. The minimum atomic E-state index is -0.100. The fourth-order valence-corrected chi connectivity index (χ4v) is 3.18. The summed E-state index contributed by atoms with van der Waals surface area (Å²) in [5.74, 6) is 0.584. The summed E-state index contributed by atoms with van der Waals surface area (Å²) < 4.78 is 1.60. The molecular weight excluding hydrogens is 328 g/mol. The first-order valence-corrected chi connectivity index (χ1v) is 8.68. The first-order chi connectivity index (χ1) is 12.4. The van der Waals surface area contributed by atoms with Gasteiger partial charge in [0.2, 0.25) is 5.91 Å². The highest BCUT2D eigenvalue weighted by atomic mass is 16.2. The molecule has 0 aromatic carbocycles. The average Bonchev–Trinajstić information content (AvgIpc) is 3.44. The van der Waals surface area contributed by atoms with Crippen molar-refractivity contribution in [2.75, 3.05) is 5.32 Å². The molecular formula is C20H20N4O2. The second-order valence-corrected chi connectivity index (χ2v) is 6.95. The van der Waals surface area contributed by atoms with Gasteiger partial charge in [-0.05, 0) is 44.4 Å². The van der Waals surface area contributed by atoms with Crippen LogP contribution in [0.25, 0.3) is 22.0 Å². The molecule has 0 bridgehead atoms. The summed E-state index contributed by atoms with van der Waals surface area (Å²) in [5.41, 5.74) is 3.98. The van der Waals surface area contributed by atoms with E-state index in [0.29, 0.717) is 11.4 Å². The number of nitrogens with zero attached hydrogens (tertiary/aromatic N) is 3. The van der Waals surface area contributed by atoms with Crippen LogP contribution in [0.3, 0.4) is 0 Å². The van der Waals surface area contributed by atoms with Gasteiger partial charge in [-0.3, -0.25) is 14.6 Å². The van der Waals surface area contributed by atoms with E-state index >= 15 is 0 Å². The van der Waals surface area contributed by atoms with Gasteiger partial charge in [-0.1, -0.05) is 0 Å². The Morgan fingerprint density at radius 1 is 1.12 bits per heavy atom. The predicted molar refractivity (Wildman–Crippen MR) is 101 cm³/mol. The zero-order chi connectivity index (χ0) is 18.4. The molecule has 0 unspecified atom stereocenters.